The van der Waals surface area contributed by atoms with Crippen LogP contribution in [0.15, 0.2) is 30.6 Å². The third-order valence-corrected chi connectivity index (χ3v) is 4.27. The molecule has 0 aliphatic carbocycles. The van der Waals surface area contributed by atoms with Crippen LogP contribution in [0.3, 0.4) is 0 Å². The van der Waals surface area contributed by atoms with Crippen molar-refractivity contribution in [2.45, 2.75) is 12.6 Å². The monoisotopic (exact) mass is 321 g/mol. The van der Waals surface area contributed by atoms with Gasteiger partial charge in [-0.3, -0.25) is 10.3 Å². The van der Waals surface area contributed by atoms with Gasteiger partial charge < -0.3 is 4.57 Å². The van der Waals surface area contributed by atoms with Crippen LogP contribution in [0.25, 0.3) is 0 Å². The summed E-state index contributed by atoms with van der Waals surface area (Å²) in [6, 6.07) is 3.57. The maximum atomic E-state index is 14.0. The van der Waals surface area contributed by atoms with Crippen molar-refractivity contribution in [1.29, 1.82) is 0 Å². The summed E-state index contributed by atoms with van der Waals surface area (Å²) in [5.41, 5.74) is 6.67. The van der Waals surface area contributed by atoms with E-state index in [9.17, 15) is 8.78 Å². The van der Waals surface area contributed by atoms with Gasteiger partial charge in [0.25, 0.3) is 0 Å². The number of hydrogen-bond acceptors (Lipinski definition) is 4. The second kappa shape index (κ2) is 6.74. The molecule has 0 radical (unpaired) electrons. The van der Waals surface area contributed by atoms with Crippen molar-refractivity contribution in [3.8, 4) is 0 Å². The zero-order chi connectivity index (χ0) is 16.4. The molecule has 1 aromatic carbocycles. The van der Waals surface area contributed by atoms with Gasteiger partial charge in [-0.15, -0.1) is 0 Å². The van der Waals surface area contributed by atoms with Crippen LogP contribution in [0, 0.1) is 17.6 Å². The molecule has 3 rings (SSSR count). The molecule has 5 nitrogen and oxygen atoms in total. The molecule has 0 saturated carbocycles. The van der Waals surface area contributed by atoms with Crippen LogP contribution in [0.5, 0.6) is 0 Å². The number of aromatic nitrogens is 2. The number of hydrogen-bond donors (Lipinski definition) is 2. The van der Waals surface area contributed by atoms with Crippen LogP contribution in [0.4, 0.5) is 8.78 Å². The highest BCUT2D eigenvalue weighted by atomic mass is 19.1. The first-order valence-electron chi connectivity index (χ1n) is 7.62. The van der Waals surface area contributed by atoms with Crippen LogP contribution in [-0.4, -0.2) is 34.6 Å². The second-order valence-corrected chi connectivity index (χ2v) is 6.08. The Balaban J connectivity index is 1.68. The van der Waals surface area contributed by atoms with Crippen LogP contribution in [-0.2, 0) is 13.6 Å². The summed E-state index contributed by atoms with van der Waals surface area (Å²) < 4.78 is 29.1. The van der Waals surface area contributed by atoms with E-state index < -0.39 is 11.6 Å². The topological polar surface area (TPSA) is 45.1 Å². The van der Waals surface area contributed by atoms with E-state index in [4.69, 9.17) is 0 Å². The Morgan fingerprint density at radius 3 is 2.91 bits per heavy atom. The average molecular weight is 321 g/mol. The van der Waals surface area contributed by atoms with Gasteiger partial charge in [0.1, 0.15) is 17.5 Å². The molecule has 0 amide bonds. The highest BCUT2D eigenvalue weighted by Gasteiger charge is 2.31. The van der Waals surface area contributed by atoms with E-state index in [-0.39, 0.29) is 12.0 Å². The van der Waals surface area contributed by atoms with Crippen LogP contribution in [0.1, 0.15) is 17.4 Å². The summed E-state index contributed by atoms with van der Waals surface area (Å²) >= 11 is 0. The van der Waals surface area contributed by atoms with Crippen molar-refractivity contribution in [1.82, 2.24) is 25.3 Å². The lowest BCUT2D eigenvalue weighted by atomic mass is 9.94. The van der Waals surface area contributed by atoms with Crippen molar-refractivity contribution in [3.05, 3.63) is 53.6 Å². The number of benzene rings is 1. The lowest BCUT2D eigenvalue weighted by molar-refractivity contribution is 0.253. The third kappa shape index (κ3) is 3.57. The zero-order valence-electron chi connectivity index (χ0n) is 13.3. The fourth-order valence-electron chi connectivity index (χ4n) is 3.05. The molecule has 0 spiro atoms. The quantitative estimate of drug-likeness (QED) is 0.878. The van der Waals surface area contributed by atoms with Crippen LogP contribution < -0.4 is 10.9 Å². The molecule has 1 aliphatic heterocycles. The van der Waals surface area contributed by atoms with Gasteiger partial charge in [-0.05, 0) is 13.1 Å². The van der Waals surface area contributed by atoms with Crippen molar-refractivity contribution in [2.75, 3.05) is 20.1 Å². The predicted octanol–water partition coefficient (Wildman–Crippen LogP) is 1.60. The lowest BCUT2D eigenvalue weighted by Gasteiger charge is -2.25. The molecular weight excluding hydrogens is 300 g/mol. The van der Waals surface area contributed by atoms with E-state index in [1.165, 1.54) is 12.1 Å². The van der Waals surface area contributed by atoms with Gasteiger partial charge in [0.05, 0.1) is 12.6 Å². The molecule has 1 fully saturated rings. The molecule has 2 heterocycles. The van der Waals surface area contributed by atoms with Gasteiger partial charge in [0.2, 0.25) is 0 Å². The Hall–Kier alpha value is -1.83. The van der Waals surface area contributed by atoms with Crippen molar-refractivity contribution < 1.29 is 8.78 Å². The Kier molecular flexibility index (Phi) is 4.70. The first-order valence-corrected chi connectivity index (χ1v) is 7.62. The minimum absolute atomic E-state index is 0.181. The molecule has 124 valence electrons. The SMILES string of the molecule is CN(Cc1nccn1C)CC1CNNC1c1ccc(F)cc1F. The first kappa shape index (κ1) is 16.0. The summed E-state index contributed by atoms with van der Waals surface area (Å²) in [7, 11) is 3.98. The minimum atomic E-state index is -0.555. The number of rotatable bonds is 5. The average Bonchev–Trinajstić information content (AvgIpc) is 3.09. The summed E-state index contributed by atoms with van der Waals surface area (Å²) in [4.78, 5) is 6.48. The maximum Gasteiger partial charge on any atom is 0.130 e. The molecule has 1 saturated heterocycles. The largest absolute Gasteiger partial charge is 0.337 e. The fraction of sp³-hybridized carbons (Fsp3) is 0.438. The number of halogens is 2. The van der Waals surface area contributed by atoms with Gasteiger partial charge >= 0.3 is 0 Å². The van der Waals surface area contributed by atoms with Gasteiger partial charge in [0.15, 0.2) is 0 Å². The third-order valence-electron chi connectivity index (χ3n) is 4.27. The van der Waals surface area contributed by atoms with E-state index >= 15 is 0 Å². The zero-order valence-corrected chi connectivity index (χ0v) is 13.3. The highest BCUT2D eigenvalue weighted by Crippen LogP contribution is 2.28. The van der Waals surface area contributed by atoms with E-state index in [0.29, 0.717) is 5.56 Å². The summed E-state index contributed by atoms with van der Waals surface area (Å²) in [5.74, 6) is 0.0970. The van der Waals surface area contributed by atoms with E-state index in [1.54, 1.807) is 6.20 Å². The maximum absolute atomic E-state index is 14.0. The van der Waals surface area contributed by atoms with Gasteiger partial charge in [-0.1, -0.05) is 6.07 Å². The predicted molar refractivity (Wildman–Crippen MR) is 83.3 cm³/mol. The highest BCUT2D eigenvalue weighted by molar-refractivity contribution is 5.23. The van der Waals surface area contributed by atoms with Gasteiger partial charge in [-0.2, -0.15) is 0 Å². The molecule has 2 N–H and O–H groups in total. The number of hydrazine groups is 1. The summed E-state index contributed by atoms with van der Waals surface area (Å²) in [5, 5.41) is 0. The molecule has 1 aromatic heterocycles. The molecule has 2 aromatic rings. The normalized spacial score (nSPS) is 21.3. The molecule has 0 bridgehead atoms. The van der Waals surface area contributed by atoms with E-state index in [1.807, 2.05) is 24.9 Å². The van der Waals surface area contributed by atoms with E-state index in [0.717, 1.165) is 31.5 Å². The van der Waals surface area contributed by atoms with Gasteiger partial charge in [-0.25, -0.2) is 19.2 Å². The molecule has 2 atom stereocenters. The van der Waals surface area contributed by atoms with Crippen molar-refractivity contribution in [2.24, 2.45) is 13.0 Å². The lowest BCUT2D eigenvalue weighted by Crippen LogP contribution is -2.31. The number of nitrogens with one attached hydrogen (secondary N) is 2. The standard InChI is InChI=1S/C16H21F2N5/c1-22(10-15-19-5-6-23(15)2)9-11-8-20-21-16(11)13-4-3-12(17)7-14(13)18/h3-7,11,16,20-21H,8-10H2,1-2H3. The molecule has 7 heteroatoms. The van der Waals surface area contributed by atoms with Crippen molar-refractivity contribution >= 4 is 0 Å². The Labute approximate surface area is 134 Å². The number of nitrogens with zero attached hydrogens (tertiary/aromatic N) is 3. The van der Waals surface area contributed by atoms with Crippen LogP contribution >= 0.6 is 0 Å². The summed E-state index contributed by atoms with van der Waals surface area (Å²) in [6.07, 6.45) is 3.69. The molecule has 1 aliphatic rings. The second-order valence-electron chi connectivity index (χ2n) is 6.08. The first-order chi connectivity index (χ1) is 11.0. The molecular formula is C16H21F2N5. The fourth-order valence-corrected chi connectivity index (χ4v) is 3.05. The van der Waals surface area contributed by atoms with Gasteiger partial charge in [0, 0.05) is 50.1 Å². The number of imidazole rings is 1. The Morgan fingerprint density at radius 1 is 1.39 bits per heavy atom. The number of aryl methyl sites for hydroxylation is 1. The van der Waals surface area contributed by atoms with Crippen molar-refractivity contribution in [3.63, 3.8) is 0 Å². The van der Waals surface area contributed by atoms with E-state index in [2.05, 4.69) is 20.7 Å². The van der Waals surface area contributed by atoms with Crippen LogP contribution in [0.2, 0.25) is 0 Å². The molecule has 23 heavy (non-hydrogen) atoms. The minimum Gasteiger partial charge on any atom is -0.337 e. The summed E-state index contributed by atoms with van der Waals surface area (Å²) in [6.45, 7) is 2.22. The Morgan fingerprint density at radius 2 is 2.22 bits per heavy atom. The Bertz CT molecular complexity index is 672. The smallest absolute Gasteiger partial charge is 0.130 e. The molecule has 2 unspecified atom stereocenters.